The second kappa shape index (κ2) is 5.36. The molecule has 1 aromatic rings. The zero-order chi connectivity index (χ0) is 12.3. The van der Waals surface area contributed by atoms with Crippen LogP contribution in [0, 0.1) is 5.82 Å². The number of hydrogen-bond donors (Lipinski definition) is 1. The molecule has 94 valence electrons. The Balaban J connectivity index is 2.36. The van der Waals surface area contributed by atoms with Gasteiger partial charge in [-0.25, -0.2) is 4.39 Å². The van der Waals surface area contributed by atoms with Crippen molar-refractivity contribution in [1.29, 1.82) is 0 Å². The van der Waals surface area contributed by atoms with Crippen LogP contribution in [0.4, 0.5) is 4.39 Å². The van der Waals surface area contributed by atoms with E-state index in [0.717, 1.165) is 25.8 Å². The molecule has 1 aliphatic heterocycles. The predicted molar refractivity (Wildman–Crippen MR) is 64.1 cm³/mol. The lowest BCUT2D eigenvalue weighted by Gasteiger charge is -2.26. The topological polar surface area (TPSA) is 30.5 Å². The molecule has 1 fully saturated rings. The normalized spacial score (nSPS) is 20.1. The van der Waals surface area contributed by atoms with Gasteiger partial charge in [0.15, 0.2) is 0 Å². The lowest BCUT2D eigenvalue weighted by atomic mass is 9.96. The fraction of sp³-hybridized carbons (Fsp3) is 0.538. The minimum absolute atomic E-state index is 0.0459. The number of ether oxygens (including phenoxy) is 2. The highest BCUT2D eigenvalue weighted by Crippen LogP contribution is 2.35. The number of hydrogen-bond acceptors (Lipinski definition) is 3. The van der Waals surface area contributed by atoms with Gasteiger partial charge in [-0.1, -0.05) is 6.42 Å². The van der Waals surface area contributed by atoms with Crippen LogP contribution in [0.2, 0.25) is 0 Å². The van der Waals surface area contributed by atoms with Crippen molar-refractivity contribution >= 4 is 0 Å². The molecule has 17 heavy (non-hydrogen) atoms. The van der Waals surface area contributed by atoms with Gasteiger partial charge in [-0.2, -0.15) is 0 Å². The molecule has 0 aromatic heterocycles. The lowest BCUT2D eigenvalue weighted by molar-refractivity contribution is 0.354. The van der Waals surface area contributed by atoms with Gasteiger partial charge in [0.25, 0.3) is 0 Å². The molecule has 0 aliphatic carbocycles. The van der Waals surface area contributed by atoms with Gasteiger partial charge >= 0.3 is 0 Å². The highest BCUT2D eigenvalue weighted by molar-refractivity contribution is 5.43. The van der Waals surface area contributed by atoms with Crippen molar-refractivity contribution in [1.82, 2.24) is 5.32 Å². The van der Waals surface area contributed by atoms with Crippen LogP contribution in [0.15, 0.2) is 12.1 Å². The van der Waals surface area contributed by atoms with E-state index in [4.69, 9.17) is 9.47 Å². The maximum Gasteiger partial charge on any atom is 0.135 e. The molecular formula is C13H18FNO2. The number of methoxy groups -OCH3 is 2. The molecule has 4 heteroatoms. The maximum atomic E-state index is 14.1. The van der Waals surface area contributed by atoms with E-state index >= 15 is 0 Å². The summed E-state index contributed by atoms with van der Waals surface area (Å²) >= 11 is 0. The summed E-state index contributed by atoms with van der Waals surface area (Å²) in [5.74, 6) is 0.778. The number of benzene rings is 1. The minimum Gasteiger partial charge on any atom is -0.497 e. The second-order valence-corrected chi connectivity index (χ2v) is 4.23. The van der Waals surface area contributed by atoms with Gasteiger partial charge < -0.3 is 14.8 Å². The summed E-state index contributed by atoms with van der Waals surface area (Å²) in [6.07, 6.45) is 3.21. The maximum absolute atomic E-state index is 14.1. The van der Waals surface area contributed by atoms with Crippen LogP contribution >= 0.6 is 0 Å². The van der Waals surface area contributed by atoms with E-state index in [1.807, 2.05) is 0 Å². The van der Waals surface area contributed by atoms with Gasteiger partial charge in [-0.3, -0.25) is 0 Å². The molecule has 1 aliphatic rings. The van der Waals surface area contributed by atoms with Gasteiger partial charge in [-0.05, 0) is 19.4 Å². The first-order valence-corrected chi connectivity index (χ1v) is 5.91. The molecule has 0 spiro atoms. The molecule has 0 saturated carbocycles. The third-order valence-electron chi connectivity index (χ3n) is 3.18. The molecule has 1 saturated heterocycles. The molecule has 2 rings (SSSR count). The van der Waals surface area contributed by atoms with E-state index in [1.54, 1.807) is 13.2 Å². The number of rotatable bonds is 3. The van der Waals surface area contributed by atoms with E-state index in [2.05, 4.69) is 5.32 Å². The Bertz CT molecular complexity index is 389. The molecule has 1 aromatic carbocycles. The Morgan fingerprint density at radius 2 is 2.06 bits per heavy atom. The average molecular weight is 239 g/mol. The predicted octanol–water partition coefficient (Wildman–Crippen LogP) is 2.66. The number of nitrogens with one attached hydrogen (secondary N) is 1. The SMILES string of the molecule is COc1cc(F)c(C2CCCCN2)c(OC)c1. The van der Waals surface area contributed by atoms with Crippen LogP contribution in [0.5, 0.6) is 11.5 Å². The molecule has 3 nitrogen and oxygen atoms in total. The molecule has 0 bridgehead atoms. The van der Waals surface area contributed by atoms with Crippen LogP contribution in [0.25, 0.3) is 0 Å². The molecule has 0 radical (unpaired) electrons. The molecule has 1 N–H and O–H groups in total. The first-order chi connectivity index (χ1) is 8.26. The summed E-state index contributed by atoms with van der Waals surface area (Å²) in [6.45, 7) is 0.930. The van der Waals surface area contributed by atoms with Gasteiger partial charge in [0.1, 0.15) is 17.3 Å². The van der Waals surface area contributed by atoms with Gasteiger partial charge in [0, 0.05) is 23.7 Å². The Labute approximate surface area is 101 Å². The largest absolute Gasteiger partial charge is 0.497 e. The number of halogens is 1. The Morgan fingerprint density at radius 1 is 1.24 bits per heavy atom. The van der Waals surface area contributed by atoms with Crippen molar-refractivity contribution in [3.05, 3.63) is 23.5 Å². The standard InChI is InChI=1S/C13H18FNO2/c1-16-9-7-10(14)13(12(8-9)17-2)11-5-3-4-6-15-11/h7-8,11,15H,3-6H2,1-2H3. The lowest BCUT2D eigenvalue weighted by Crippen LogP contribution is -2.27. The first kappa shape index (κ1) is 12.2. The summed E-state index contributed by atoms with van der Waals surface area (Å²) < 4.78 is 24.4. The Kier molecular flexibility index (Phi) is 3.84. The van der Waals surface area contributed by atoms with Crippen molar-refractivity contribution in [2.24, 2.45) is 0 Å². The molecule has 1 atom stereocenters. The van der Waals surface area contributed by atoms with Crippen molar-refractivity contribution in [3.8, 4) is 11.5 Å². The van der Waals surface area contributed by atoms with Crippen LogP contribution < -0.4 is 14.8 Å². The van der Waals surface area contributed by atoms with Crippen molar-refractivity contribution in [2.45, 2.75) is 25.3 Å². The summed E-state index contributed by atoms with van der Waals surface area (Å²) in [6, 6.07) is 3.19. The molecular weight excluding hydrogens is 221 g/mol. The van der Waals surface area contributed by atoms with Crippen LogP contribution in [0.1, 0.15) is 30.9 Å². The van der Waals surface area contributed by atoms with E-state index in [0.29, 0.717) is 17.1 Å². The van der Waals surface area contributed by atoms with E-state index in [-0.39, 0.29) is 11.9 Å². The third kappa shape index (κ3) is 2.52. The minimum atomic E-state index is -0.263. The number of piperidine rings is 1. The van der Waals surface area contributed by atoms with Gasteiger partial charge in [0.05, 0.1) is 14.2 Å². The van der Waals surface area contributed by atoms with Gasteiger partial charge in [-0.15, -0.1) is 0 Å². The Morgan fingerprint density at radius 3 is 2.65 bits per heavy atom. The van der Waals surface area contributed by atoms with Crippen molar-refractivity contribution in [2.75, 3.05) is 20.8 Å². The van der Waals surface area contributed by atoms with Crippen LogP contribution in [-0.4, -0.2) is 20.8 Å². The molecule has 0 amide bonds. The molecule has 1 unspecified atom stereocenters. The van der Waals surface area contributed by atoms with Crippen molar-refractivity contribution in [3.63, 3.8) is 0 Å². The summed E-state index contributed by atoms with van der Waals surface area (Å²) in [5, 5.41) is 3.33. The summed E-state index contributed by atoms with van der Waals surface area (Å²) in [7, 11) is 3.08. The zero-order valence-electron chi connectivity index (χ0n) is 10.3. The van der Waals surface area contributed by atoms with E-state index in [1.165, 1.54) is 13.2 Å². The Hall–Kier alpha value is -1.29. The fourth-order valence-electron chi connectivity index (χ4n) is 2.29. The second-order valence-electron chi connectivity index (χ2n) is 4.23. The highest BCUT2D eigenvalue weighted by Gasteiger charge is 2.23. The van der Waals surface area contributed by atoms with Crippen LogP contribution in [-0.2, 0) is 0 Å². The molecule has 1 heterocycles. The first-order valence-electron chi connectivity index (χ1n) is 5.91. The quantitative estimate of drug-likeness (QED) is 0.879. The van der Waals surface area contributed by atoms with Crippen LogP contribution in [0.3, 0.4) is 0 Å². The monoisotopic (exact) mass is 239 g/mol. The van der Waals surface area contributed by atoms with Crippen molar-refractivity contribution < 1.29 is 13.9 Å². The van der Waals surface area contributed by atoms with E-state index < -0.39 is 0 Å². The van der Waals surface area contributed by atoms with Gasteiger partial charge in [0.2, 0.25) is 0 Å². The highest BCUT2D eigenvalue weighted by atomic mass is 19.1. The summed E-state index contributed by atoms with van der Waals surface area (Å²) in [4.78, 5) is 0. The fourth-order valence-corrected chi connectivity index (χ4v) is 2.29. The van der Waals surface area contributed by atoms with E-state index in [9.17, 15) is 4.39 Å². The zero-order valence-corrected chi connectivity index (χ0v) is 10.3. The summed E-state index contributed by atoms with van der Waals surface area (Å²) in [5.41, 5.74) is 0.619. The smallest absolute Gasteiger partial charge is 0.135 e. The average Bonchev–Trinajstić information content (AvgIpc) is 2.38. The third-order valence-corrected chi connectivity index (χ3v) is 3.18.